The first kappa shape index (κ1) is 11.3. The molecule has 16 heavy (non-hydrogen) atoms. The Morgan fingerprint density at radius 1 is 1.50 bits per heavy atom. The van der Waals surface area contributed by atoms with Crippen molar-refractivity contribution in [2.24, 2.45) is 4.99 Å². The molecule has 2 N–H and O–H groups in total. The number of hydrogen-bond acceptors (Lipinski definition) is 4. The van der Waals surface area contributed by atoms with Crippen molar-refractivity contribution in [2.75, 3.05) is 25.5 Å². The van der Waals surface area contributed by atoms with Gasteiger partial charge < -0.3 is 15.4 Å². The summed E-state index contributed by atoms with van der Waals surface area (Å²) in [5, 5.41) is 6.39. The topological polar surface area (TPSA) is 45.6 Å². The number of hydrogen-bond donors (Lipinski definition) is 2. The summed E-state index contributed by atoms with van der Waals surface area (Å²) in [5.74, 6) is 1.60. The van der Waals surface area contributed by atoms with Gasteiger partial charge in [-0.3, -0.25) is 4.99 Å². The van der Waals surface area contributed by atoms with E-state index in [9.17, 15) is 0 Å². The third kappa shape index (κ3) is 2.29. The summed E-state index contributed by atoms with van der Waals surface area (Å²) in [4.78, 5) is 4.29. The summed E-state index contributed by atoms with van der Waals surface area (Å²) < 4.78 is 6.29. The molecule has 0 aromatic heterocycles. The number of benzene rings is 1. The van der Waals surface area contributed by atoms with Gasteiger partial charge in [0.15, 0.2) is 11.7 Å². The molecule has 0 spiro atoms. The van der Waals surface area contributed by atoms with Crippen LogP contribution in [0.2, 0.25) is 0 Å². The third-order valence-corrected chi connectivity index (χ3v) is 2.91. The van der Waals surface area contributed by atoms with Gasteiger partial charge in [0, 0.05) is 6.54 Å². The number of methoxy groups -OCH3 is 1. The second-order valence-electron chi connectivity index (χ2n) is 3.61. The van der Waals surface area contributed by atoms with Crippen LogP contribution in [-0.4, -0.2) is 26.2 Å². The number of guanidine groups is 1. The molecule has 1 aromatic carbocycles. The van der Waals surface area contributed by atoms with E-state index in [1.54, 1.807) is 7.11 Å². The lowest BCUT2D eigenvalue weighted by molar-refractivity contribution is 0.414. The predicted molar refractivity (Wildman–Crippen MR) is 69.4 cm³/mol. The van der Waals surface area contributed by atoms with Gasteiger partial charge >= 0.3 is 0 Å². The van der Waals surface area contributed by atoms with Crippen molar-refractivity contribution in [2.45, 2.75) is 6.92 Å². The maximum atomic E-state index is 5.35. The number of nitrogens with one attached hydrogen (secondary N) is 2. The van der Waals surface area contributed by atoms with Gasteiger partial charge in [-0.25, -0.2) is 0 Å². The second kappa shape index (κ2) is 4.74. The Morgan fingerprint density at radius 3 is 2.94 bits per heavy atom. The van der Waals surface area contributed by atoms with E-state index in [1.807, 2.05) is 19.1 Å². The number of aryl methyl sites for hydroxylation is 1. The van der Waals surface area contributed by atoms with E-state index >= 15 is 0 Å². The number of rotatable bonds is 2. The number of ether oxygens (including phenoxy) is 1. The molecule has 0 fully saturated rings. The molecule has 0 amide bonds. The highest BCUT2D eigenvalue weighted by Crippen LogP contribution is 2.34. The minimum absolute atomic E-state index is 0.794. The van der Waals surface area contributed by atoms with Crippen LogP contribution in [0.3, 0.4) is 0 Å². The van der Waals surface area contributed by atoms with Crippen LogP contribution in [0, 0.1) is 6.92 Å². The fourth-order valence-corrected chi connectivity index (χ4v) is 2.38. The van der Waals surface area contributed by atoms with Crippen LogP contribution >= 0.6 is 15.9 Å². The quantitative estimate of drug-likeness (QED) is 0.874. The van der Waals surface area contributed by atoms with Crippen LogP contribution in [0.15, 0.2) is 21.6 Å². The highest BCUT2D eigenvalue weighted by Gasteiger charge is 2.12. The van der Waals surface area contributed by atoms with Gasteiger partial charge in [0.05, 0.1) is 23.8 Å². The van der Waals surface area contributed by atoms with Crippen LogP contribution in [0.4, 0.5) is 5.69 Å². The van der Waals surface area contributed by atoms with Crippen molar-refractivity contribution in [1.29, 1.82) is 0 Å². The summed E-state index contributed by atoms with van der Waals surface area (Å²) in [5.41, 5.74) is 2.08. The normalized spacial score (nSPS) is 14.3. The third-order valence-electron chi connectivity index (χ3n) is 2.32. The van der Waals surface area contributed by atoms with Crippen molar-refractivity contribution in [3.05, 3.63) is 22.2 Å². The molecule has 1 aliphatic rings. The number of anilines is 1. The van der Waals surface area contributed by atoms with Gasteiger partial charge in [0.1, 0.15) is 0 Å². The van der Waals surface area contributed by atoms with Gasteiger partial charge in [-0.2, -0.15) is 0 Å². The lowest BCUT2D eigenvalue weighted by atomic mass is 10.2. The van der Waals surface area contributed by atoms with Gasteiger partial charge in [-0.05, 0) is 40.5 Å². The molecule has 0 aliphatic carbocycles. The van der Waals surface area contributed by atoms with Gasteiger partial charge in [0.2, 0.25) is 0 Å². The first-order chi connectivity index (χ1) is 7.70. The van der Waals surface area contributed by atoms with E-state index in [0.717, 1.165) is 40.5 Å². The molecule has 86 valence electrons. The first-order valence-corrected chi connectivity index (χ1v) is 5.89. The lowest BCUT2D eigenvalue weighted by Gasteiger charge is -2.13. The molecule has 0 atom stereocenters. The predicted octanol–water partition coefficient (Wildman–Crippen LogP) is 2.14. The van der Waals surface area contributed by atoms with E-state index in [1.165, 1.54) is 0 Å². The molecular weight excluding hydrogens is 270 g/mol. The van der Waals surface area contributed by atoms with Crippen LogP contribution in [0.5, 0.6) is 5.75 Å². The molecule has 1 aliphatic heterocycles. The standard InChI is InChI=1S/C11H14BrN3O/c1-7-5-8(12)10(16-2)9(6-7)15-11-13-3-4-14-11/h5-6H,3-4H2,1-2H3,(H2,13,14,15). The molecule has 1 heterocycles. The number of aliphatic imine (C=N–C) groups is 1. The Morgan fingerprint density at radius 2 is 2.31 bits per heavy atom. The Hall–Kier alpha value is -1.23. The van der Waals surface area contributed by atoms with Crippen molar-refractivity contribution < 1.29 is 4.74 Å². The van der Waals surface area contributed by atoms with Crippen LogP contribution in [0.25, 0.3) is 0 Å². The van der Waals surface area contributed by atoms with Crippen LogP contribution in [0.1, 0.15) is 5.56 Å². The molecule has 0 saturated heterocycles. The van der Waals surface area contributed by atoms with Gasteiger partial charge in [0.25, 0.3) is 0 Å². The van der Waals surface area contributed by atoms with Crippen LogP contribution in [-0.2, 0) is 0 Å². The number of nitrogens with zero attached hydrogens (tertiary/aromatic N) is 1. The van der Waals surface area contributed by atoms with Crippen molar-refractivity contribution in [3.63, 3.8) is 0 Å². The highest BCUT2D eigenvalue weighted by molar-refractivity contribution is 9.10. The molecule has 0 radical (unpaired) electrons. The Labute approximate surface area is 103 Å². The average molecular weight is 284 g/mol. The Balaban J connectivity index is 2.30. The summed E-state index contributed by atoms with van der Waals surface area (Å²) in [6.45, 7) is 3.74. The van der Waals surface area contributed by atoms with E-state index in [-0.39, 0.29) is 0 Å². The molecule has 0 unspecified atom stereocenters. The zero-order valence-corrected chi connectivity index (χ0v) is 10.9. The highest BCUT2D eigenvalue weighted by atomic mass is 79.9. The summed E-state index contributed by atoms with van der Waals surface area (Å²) >= 11 is 3.48. The Bertz CT molecular complexity index is 431. The first-order valence-electron chi connectivity index (χ1n) is 5.10. The summed E-state index contributed by atoms with van der Waals surface area (Å²) in [6.07, 6.45) is 0. The summed E-state index contributed by atoms with van der Waals surface area (Å²) in [7, 11) is 1.66. The van der Waals surface area contributed by atoms with Crippen molar-refractivity contribution >= 4 is 27.6 Å². The van der Waals surface area contributed by atoms with Gasteiger partial charge in [-0.1, -0.05) is 0 Å². The SMILES string of the molecule is COc1c(Br)cc(C)cc1NC1=NCCN1. The minimum Gasteiger partial charge on any atom is -0.493 e. The maximum Gasteiger partial charge on any atom is 0.196 e. The fourth-order valence-electron chi connectivity index (χ4n) is 1.64. The number of halogens is 1. The van der Waals surface area contributed by atoms with Gasteiger partial charge in [-0.15, -0.1) is 0 Å². The van der Waals surface area contributed by atoms with E-state index in [4.69, 9.17) is 4.74 Å². The fraction of sp³-hybridized carbons (Fsp3) is 0.364. The average Bonchev–Trinajstić information content (AvgIpc) is 2.70. The van der Waals surface area contributed by atoms with E-state index < -0.39 is 0 Å². The smallest absolute Gasteiger partial charge is 0.196 e. The molecule has 0 saturated carbocycles. The van der Waals surface area contributed by atoms with Crippen molar-refractivity contribution in [3.8, 4) is 5.75 Å². The molecular formula is C11H14BrN3O. The largest absolute Gasteiger partial charge is 0.493 e. The van der Waals surface area contributed by atoms with E-state index in [2.05, 4.69) is 31.6 Å². The molecule has 4 nitrogen and oxygen atoms in total. The monoisotopic (exact) mass is 283 g/mol. The van der Waals surface area contributed by atoms with E-state index in [0.29, 0.717) is 0 Å². The maximum absolute atomic E-state index is 5.35. The molecule has 2 rings (SSSR count). The Kier molecular flexibility index (Phi) is 3.33. The minimum atomic E-state index is 0.794. The second-order valence-corrected chi connectivity index (χ2v) is 4.46. The van der Waals surface area contributed by atoms with Crippen LogP contribution < -0.4 is 15.4 Å². The zero-order chi connectivity index (χ0) is 11.5. The lowest BCUT2D eigenvalue weighted by Crippen LogP contribution is -2.26. The molecule has 1 aromatic rings. The summed E-state index contributed by atoms with van der Waals surface area (Å²) in [6, 6.07) is 4.06. The van der Waals surface area contributed by atoms with Crippen molar-refractivity contribution in [1.82, 2.24) is 5.32 Å². The molecule has 0 bridgehead atoms. The zero-order valence-electron chi connectivity index (χ0n) is 9.30. The molecule has 5 heteroatoms.